The van der Waals surface area contributed by atoms with Crippen molar-refractivity contribution in [1.29, 1.82) is 0 Å². The van der Waals surface area contributed by atoms with Crippen molar-refractivity contribution in [3.63, 3.8) is 0 Å². The Morgan fingerprint density at radius 1 is 1.30 bits per heavy atom. The lowest BCUT2D eigenvalue weighted by Gasteiger charge is -2.18. The Morgan fingerprint density at radius 3 is 2.35 bits per heavy atom. The molecule has 0 radical (unpaired) electrons. The smallest absolute Gasteiger partial charge is 0.337 e. The van der Waals surface area contributed by atoms with Gasteiger partial charge >= 0.3 is 5.97 Å². The third kappa shape index (κ3) is 3.71. The molecule has 1 atom stereocenters. The second-order valence-corrected chi connectivity index (χ2v) is 6.58. The first kappa shape index (κ1) is 16.5. The van der Waals surface area contributed by atoms with Crippen LogP contribution in [0.5, 0.6) is 0 Å². The van der Waals surface area contributed by atoms with Gasteiger partial charge in [-0.1, -0.05) is 13.8 Å². The van der Waals surface area contributed by atoms with Crippen LogP contribution in [-0.2, 0) is 14.8 Å². The Kier molecular flexibility index (Phi) is 5.13. The van der Waals surface area contributed by atoms with Crippen LogP contribution in [0.3, 0.4) is 0 Å². The number of nitrogens with two attached hydrogens (primary N) is 1. The zero-order valence-electron chi connectivity index (χ0n) is 12.0. The Morgan fingerprint density at radius 2 is 1.90 bits per heavy atom. The second-order valence-electron chi connectivity index (χ2n) is 4.90. The van der Waals surface area contributed by atoms with Crippen molar-refractivity contribution < 1.29 is 17.9 Å². The van der Waals surface area contributed by atoms with E-state index in [1.165, 1.54) is 25.3 Å². The first-order valence-corrected chi connectivity index (χ1v) is 7.67. The van der Waals surface area contributed by atoms with E-state index in [1.54, 1.807) is 6.92 Å². The summed E-state index contributed by atoms with van der Waals surface area (Å²) in [5.74, 6) is -0.413. The average Bonchev–Trinajstić information content (AvgIpc) is 2.36. The van der Waals surface area contributed by atoms with Gasteiger partial charge in [-0.05, 0) is 31.0 Å². The molecule has 0 saturated carbocycles. The summed E-state index contributed by atoms with van der Waals surface area (Å²) in [6.45, 7) is 5.61. The van der Waals surface area contributed by atoms with Gasteiger partial charge < -0.3 is 10.5 Å². The zero-order valence-corrected chi connectivity index (χ0v) is 12.8. The van der Waals surface area contributed by atoms with Crippen LogP contribution in [0, 0.1) is 5.92 Å². The van der Waals surface area contributed by atoms with E-state index in [-0.39, 0.29) is 28.1 Å². The molecule has 1 aromatic rings. The number of hydrogen-bond acceptors (Lipinski definition) is 5. The molecular formula is C13H20N2O4S. The molecule has 7 heteroatoms. The number of nitrogens with one attached hydrogen (secondary N) is 1. The number of rotatable bonds is 5. The fraction of sp³-hybridized carbons (Fsp3) is 0.462. The van der Waals surface area contributed by atoms with Crippen molar-refractivity contribution in [2.45, 2.75) is 31.7 Å². The summed E-state index contributed by atoms with van der Waals surface area (Å²) in [6, 6.07) is 3.74. The number of nitrogen functional groups attached to an aromatic ring is 1. The molecule has 0 aliphatic heterocycles. The number of methoxy groups -OCH3 is 1. The van der Waals surface area contributed by atoms with Gasteiger partial charge in [-0.25, -0.2) is 17.9 Å². The molecule has 1 aromatic carbocycles. The fourth-order valence-electron chi connectivity index (χ4n) is 1.48. The molecular weight excluding hydrogens is 280 g/mol. The van der Waals surface area contributed by atoms with Gasteiger partial charge in [0.1, 0.15) is 4.90 Å². The first-order chi connectivity index (χ1) is 9.19. The monoisotopic (exact) mass is 300 g/mol. The van der Waals surface area contributed by atoms with Crippen molar-refractivity contribution in [2.75, 3.05) is 12.8 Å². The molecule has 20 heavy (non-hydrogen) atoms. The molecule has 1 rings (SSSR count). The number of esters is 1. The van der Waals surface area contributed by atoms with Crippen LogP contribution in [0.2, 0.25) is 0 Å². The normalized spacial score (nSPS) is 13.2. The van der Waals surface area contributed by atoms with Gasteiger partial charge in [0.2, 0.25) is 10.0 Å². The molecule has 0 saturated heterocycles. The fourth-order valence-corrected chi connectivity index (χ4v) is 2.99. The second kappa shape index (κ2) is 6.23. The standard InChI is InChI=1S/C13H20N2O4S/c1-8(2)9(3)15-20(17,18)12-6-5-10(7-11(12)14)13(16)19-4/h5-9,15H,14H2,1-4H3. The minimum absolute atomic E-state index is 0.0105. The number of sulfonamides is 1. The molecule has 3 N–H and O–H groups in total. The molecule has 0 fully saturated rings. The van der Waals surface area contributed by atoms with E-state index in [0.29, 0.717) is 0 Å². The molecule has 6 nitrogen and oxygen atoms in total. The van der Waals surface area contributed by atoms with Crippen LogP contribution in [0.1, 0.15) is 31.1 Å². The summed E-state index contributed by atoms with van der Waals surface area (Å²) >= 11 is 0. The lowest BCUT2D eigenvalue weighted by Crippen LogP contribution is -2.36. The van der Waals surface area contributed by atoms with Crippen LogP contribution in [0.25, 0.3) is 0 Å². The van der Waals surface area contributed by atoms with Crippen molar-refractivity contribution in [3.8, 4) is 0 Å². The molecule has 0 aromatic heterocycles. The van der Waals surface area contributed by atoms with Crippen LogP contribution in [-0.4, -0.2) is 27.5 Å². The van der Waals surface area contributed by atoms with Crippen molar-refractivity contribution >= 4 is 21.7 Å². The van der Waals surface area contributed by atoms with E-state index >= 15 is 0 Å². The lowest BCUT2D eigenvalue weighted by atomic mass is 10.1. The third-order valence-electron chi connectivity index (χ3n) is 3.06. The highest BCUT2D eigenvalue weighted by Crippen LogP contribution is 2.21. The molecule has 0 aliphatic carbocycles. The predicted molar refractivity (Wildman–Crippen MR) is 76.8 cm³/mol. The summed E-state index contributed by atoms with van der Waals surface area (Å²) in [5, 5.41) is 0. The number of anilines is 1. The number of ether oxygens (including phenoxy) is 1. The number of carbonyl (C=O) groups excluding carboxylic acids is 1. The molecule has 0 aliphatic rings. The van der Waals surface area contributed by atoms with Gasteiger partial charge in [0.15, 0.2) is 0 Å². The molecule has 1 unspecified atom stereocenters. The van der Waals surface area contributed by atoms with Gasteiger partial charge in [0.25, 0.3) is 0 Å². The van der Waals surface area contributed by atoms with Crippen molar-refractivity contribution in [1.82, 2.24) is 4.72 Å². The Bertz CT molecular complexity index is 596. The maximum atomic E-state index is 12.2. The van der Waals surface area contributed by atoms with Crippen LogP contribution < -0.4 is 10.5 Å². The summed E-state index contributed by atoms with van der Waals surface area (Å²) in [6.07, 6.45) is 0. The molecule has 0 heterocycles. The van der Waals surface area contributed by atoms with Crippen LogP contribution >= 0.6 is 0 Å². The van der Waals surface area contributed by atoms with Gasteiger partial charge in [0.05, 0.1) is 18.4 Å². The third-order valence-corrected chi connectivity index (χ3v) is 4.69. The predicted octanol–water partition coefficient (Wildman–Crippen LogP) is 1.38. The van der Waals surface area contributed by atoms with Crippen molar-refractivity contribution in [3.05, 3.63) is 23.8 Å². The van der Waals surface area contributed by atoms with Crippen molar-refractivity contribution in [2.24, 2.45) is 5.92 Å². The largest absolute Gasteiger partial charge is 0.465 e. The SMILES string of the molecule is COC(=O)c1ccc(S(=O)(=O)NC(C)C(C)C)c(N)c1. The molecule has 0 spiro atoms. The van der Waals surface area contributed by atoms with Gasteiger partial charge in [-0.15, -0.1) is 0 Å². The average molecular weight is 300 g/mol. The van der Waals surface area contributed by atoms with E-state index < -0.39 is 16.0 Å². The number of benzene rings is 1. The minimum atomic E-state index is -3.71. The minimum Gasteiger partial charge on any atom is -0.465 e. The number of hydrogen-bond donors (Lipinski definition) is 2. The van der Waals surface area contributed by atoms with E-state index in [0.717, 1.165) is 0 Å². The number of carbonyl (C=O) groups is 1. The van der Waals surface area contributed by atoms with E-state index in [2.05, 4.69) is 9.46 Å². The van der Waals surface area contributed by atoms with E-state index in [1.807, 2.05) is 13.8 Å². The van der Waals surface area contributed by atoms with E-state index in [9.17, 15) is 13.2 Å². The summed E-state index contributed by atoms with van der Waals surface area (Å²) in [7, 11) is -2.47. The van der Waals surface area contributed by atoms with Gasteiger partial charge in [0, 0.05) is 6.04 Å². The Balaban J connectivity index is 3.11. The highest BCUT2D eigenvalue weighted by atomic mass is 32.2. The lowest BCUT2D eigenvalue weighted by molar-refractivity contribution is 0.0600. The topological polar surface area (TPSA) is 98.5 Å². The van der Waals surface area contributed by atoms with Gasteiger partial charge in [-0.3, -0.25) is 0 Å². The Labute approximate surface area is 119 Å². The highest BCUT2D eigenvalue weighted by molar-refractivity contribution is 7.89. The summed E-state index contributed by atoms with van der Waals surface area (Å²) in [4.78, 5) is 11.3. The maximum Gasteiger partial charge on any atom is 0.337 e. The van der Waals surface area contributed by atoms with Crippen LogP contribution in [0.4, 0.5) is 5.69 Å². The molecule has 0 bridgehead atoms. The quantitative estimate of drug-likeness (QED) is 0.632. The molecule has 0 amide bonds. The highest BCUT2D eigenvalue weighted by Gasteiger charge is 2.22. The zero-order chi connectivity index (χ0) is 15.5. The Hall–Kier alpha value is -1.60. The van der Waals surface area contributed by atoms with E-state index in [4.69, 9.17) is 5.73 Å². The van der Waals surface area contributed by atoms with Gasteiger partial charge in [-0.2, -0.15) is 0 Å². The van der Waals surface area contributed by atoms with Crippen LogP contribution in [0.15, 0.2) is 23.1 Å². The maximum absolute atomic E-state index is 12.2. The first-order valence-electron chi connectivity index (χ1n) is 6.19. The molecule has 112 valence electrons. The summed E-state index contributed by atoms with van der Waals surface area (Å²) < 4.78 is 31.5. The summed E-state index contributed by atoms with van der Waals surface area (Å²) in [5.41, 5.74) is 5.94.